The van der Waals surface area contributed by atoms with Gasteiger partial charge in [-0.1, -0.05) is 17.7 Å². The van der Waals surface area contributed by atoms with E-state index < -0.39 is 11.4 Å². The number of imidazole rings is 1. The smallest absolute Gasteiger partial charge is 0.243 e. The quantitative estimate of drug-likeness (QED) is 0.882. The van der Waals surface area contributed by atoms with E-state index in [1.807, 2.05) is 12.1 Å². The molecule has 0 fully saturated rings. The van der Waals surface area contributed by atoms with Gasteiger partial charge in [-0.2, -0.15) is 0 Å². The van der Waals surface area contributed by atoms with Crippen molar-refractivity contribution in [3.63, 3.8) is 0 Å². The largest absolute Gasteiger partial charge is 0.368 e. The molecule has 1 aromatic heterocycles. The van der Waals surface area contributed by atoms with E-state index >= 15 is 0 Å². The minimum Gasteiger partial charge on any atom is -0.368 e. The molecule has 0 aliphatic rings. The molecule has 0 radical (unpaired) electrons. The number of hydrogen-bond acceptors (Lipinski definition) is 2. The Morgan fingerprint density at radius 3 is 2.74 bits per heavy atom. The SMILES string of the molecule is CC(C)(C(N)=O)n1c(CCCl)nc2cccc(Cl)c21. The summed E-state index contributed by atoms with van der Waals surface area (Å²) in [7, 11) is 0. The number of hydrogen-bond donors (Lipinski definition) is 1. The highest BCUT2D eigenvalue weighted by atomic mass is 35.5. The summed E-state index contributed by atoms with van der Waals surface area (Å²) in [6.07, 6.45) is 0.545. The fraction of sp³-hybridized carbons (Fsp3) is 0.385. The average Bonchev–Trinajstić information content (AvgIpc) is 2.69. The molecule has 6 heteroatoms. The number of carbonyl (C=O) groups excluding carboxylic acids is 1. The maximum Gasteiger partial charge on any atom is 0.243 e. The van der Waals surface area contributed by atoms with Gasteiger partial charge in [0.25, 0.3) is 0 Å². The number of nitrogens with two attached hydrogens (primary N) is 1. The number of benzene rings is 1. The first-order chi connectivity index (χ1) is 8.89. The van der Waals surface area contributed by atoms with Crippen molar-refractivity contribution in [2.45, 2.75) is 25.8 Å². The van der Waals surface area contributed by atoms with Crippen LogP contribution in [0.3, 0.4) is 0 Å². The molecular formula is C13H15Cl2N3O. The van der Waals surface area contributed by atoms with Gasteiger partial charge in [-0.3, -0.25) is 4.79 Å². The van der Waals surface area contributed by atoms with Gasteiger partial charge in [-0.15, -0.1) is 11.6 Å². The van der Waals surface area contributed by atoms with Gasteiger partial charge < -0.3 is 10.3 Å². The Bertz CT molecular complexity index is 634. The van der Waals surface area contributed by atoms with Gasteiger partial charge >= 0.3 is 0 Å². The lowest BCUT2D eigenvalue weighted by atomic mass is 10.0. The highest BCUT2D eigenvalue weighted by Gasteiger charge is 2.32. The highest BCUT2D eigenvalue weighted by Crippen LogP contribution is 2.30. The molecule has 4 nitrogen and oxygen atoms in total. The molecule has 2 aromatic rings. The number of alkyl halides is 1. The number of carbonyl (C=O) groups is 1. The summed E-state index contributed by atoms with van der Waals surface area (Å²) in [5.74, 6) is 0.680. The summed E-state index contributed by atoms with van der Waals surface area (Å²) in [5, 5.41) is 0.542. The lowest BCUT2D eigenvalue weighted by Crippen LogP contribution is -2.42. The minimum atomic E-state index is -0.916. The fourth-order valence-corrected chi connectivity index (χ4v) is 2.52. The molecule has 0 spiro atoms. The van der Waals surface area contributed by atoms with E-state index in [4.69, 9.17) is 28.9 Å². The van der Waals surface area contributed by atoms with Gasteiger partial charge in [-0.25, -0.2) is 4.98 Å². The number of aromatic nitrogens is 2. The Kier molecular flexibility index (Phi) is 3.74. The summed E-state index contributed by atoms with van der Waals surface area (Å²) in [6.45, 7) is 3.50. The average molecular weight is 300 g/mol. The number of amides is 1. The van der Waals surface area contributed by atoms with Crippen LogP contribution < -0.4 is 5.73 Å². The zero-order chi connectivity index (χ0) is 14.2. The van der Waals surface area contributed by atoms with E-state index in [0.29, 0.717) is 28.7 Å². The predicted octanol–water partition coefficient (Wildman–Crippen LogP) is 2.69. The molecule has 0 saturated carbocycles. The van der Waals surface area contributed by atoms with Crippen molar-refractivity contribution in [2.24, 2.45) is 5.73 Å². The zero-order valence-corrected chi connectivity index (χ0v) is 12.3. The number of aryl methyl sites for hydroxylation is 1. The zero-order valence-electron chi connectivity index (χ0n) is 10.8. The lowest BCUT2D eigenvalue weighted by Gasteiger charge is -2.26. The molecule has 0 bridgehead atoms. The van der Waals surface area contributed by atoms with Crippen LogP contribution in [-0.2, 0) is 16.8 Å². The van der Waals surface area contributed by atoms with Crippen LogP contribution in [0, 0.1) is 0 Å². The van der Waals surface area contributed by atoms with Crippen molar-refractivity contribution in [2.75, 3.05) is 5.88 Å². The van der Waals surface area contributed by atoms with Crippen molar-refractivity contribution < 1.29 is 4.79 Å². The van der Waals surface area contributed by atoms with Gasteiger partial charge in [0, 0.05) is 12.3 Å². The normalized spacial score (nSPS) is 12.0. The summed E-state index contributed by atoms with van der Waals surface area (Å²) in [6, 6.07) is 5.44. The van der Waals surface area contributed by atoms with Crippen LogP contribution in [0.25, 0.3) is 11.0 Å². The maximum atomic E-state index is 11.7. The first-order valence-corrected chi connectivity index (χ1v) is 6.83. The fourth-order valence-electron chi connectivity index (χ4n) is 2.10. The van der Waals surface area contributed by atoms with Crippen molar-refractivity contribution in [3.8, 4) is 0 Å². The number of nitrogens with zero attached hydrogens (tertiary/aromatic N) is 2. The molecule has 19 heavy (non-hydrogen) atoms. The predicted molar refractivity (Wildman–Crippen MR) is 77.7 cm³/mol. The molecule has 0 saturated heterocycles. The Balaban J connectivity index is 2.82. The van der Waals surface area contributed by atoms with Gasteiger partial charge in [-0.05, 0) is 26.0 Å². The maximum absolute atomic E-state index is 11.7. The van der Waals surface area contributed by atoms with Crippen LogP contribution >= 0.6 is 23.2 Å². The Labute approximate surface area is 121 Å². The van der Waals surface area contributed by atoms with Gasteiger partial charge in [0.15, 0.2) is 0 Å². The summed E-state index contributed by atoms with van der Waals surface area (Å²) in [5.41, 5.74) is 6.04. The molecule has 2 N–H and O–H groups in total. The molecule has 0 aliphatic heterocycles. The van der Waals surface area contributed by atoms with E-state index in [0.717, 1.165) is 5.52 Å². The molecule has 0 unspecified atom stereocenters. The van der Waals surface area contributed by atoms with E-state index in [1.54, 1.807) is 24.5 Å². The molecule has 102 valence electrons. The summed E-state index contributed by atoms with van der Waals surface area (Å²) < 4.78 is 1.79. The molecule has 0 atom stereocenters. The second-order valence-electron chi connectivity index (χ2n) is 4.83. The third-order valence-electron chi connectivity index (χ3n) is 3.18. The van der Waals surface area contributed by atoms with Crippen LogP contribution in [-0.4, -0.2) is 21.3 Å². The van der Waals surface area contributed by atoms with Crippen LogP contribution in [0.15, 0.2) is 18.2 Å². The van der Waals surface area contributed by atoms with Crippen molar-refractivity contribution in [3.05, 3.63) is 29.0 Å². The van der Waals surface area contributed by atoms with Crippen molar-refractivity contribution in [1.82, 2.24) is 9.55 Å². The minimum absolute atomic E-state index is 0.412. The second kappa shape index (κ2) is 5.02. The van der Waals surface area contributed by atoms with E-state index in [1.165, 1.54) is 0 Å². The van der Waals surface area contributed by atoms with E-state index in [9.17, 15) is 4.79 Å². The van der Waals surface area contributed by atoms with Gasteiger partial charge in [0.2, 0.25) is 5.91 Å². The lowest BCUT2D eigenvalue weighted by molar-refractivity contribution is -0.125. The third kappa shape index (κ3) is 2.30. The molecule has 1 heterocycles. The Morgan fingerprint density at radius 1 is 1.47 bits per heavy atom. The standard InChI is InChI=1S/C13H15Cl2N3O/c1-13(2,12(16)19)18-10(6-7-14)17-9-5-3-4-8(15)11(9)18/h3-5H,6-7H2,1-2H3,(H2,16,19). The third-order valence-corrected chi connectivity index (χ3v) is 3.67. The Hall–Kier alpha value is -1.26. The van der Waals surface area contributed by atoms with E-state index in [2.05, 4.69) is 4.98 Å². The molecule has 0 aliphatic carbocycles. The number of primary amides is 1. The highest BCUT2D eigenvalue weighted by molar-refractivity contribution is 6.35. The first-order valence-electron chi connectivity index (χ1n) is 5.91. The van der Waals surface area contributed by atoms with Crippen LogP contribution in [0.5, 0.6) is 0 Å². The van der Waals surface area contributed by atoms with E-state index in [-0.39, 0.29) is 0 Å². The summed E-state index contributed by atoms with van der Waals surface area (Å²) >= 11 is 12.0. The molecule has 2 rings (SSSR count). The molecular weight excluding hydrogens is 285 g/mol. The second-order valence-corrected chi connectivity index (χ2v) is 5.62. The number of fused-ring (bicyclic) bond motifs is 1. The van der Waals surface area contributed by atoms with Crippen LogP contribution in [0.1, 0.15) is 19.7 Å². The number of halogens is 2. The van der Waals surface area contributed by atoms with Gasteiger partial charge in [0.05, 0.1) is 16.1 Å². The van der Waals surface area contributed by atoms with Gasteiger partial charge in [0.1, 0.15) is 11.4 Å². The number of rotatable bonds is 4. The summed E-state index contributed by atoms with van der Waals surface area (Å²) in [4.78, 5) is 16.2. The van der Waals surface area contributed by atoms with Crippen molar-refractivity contribution >= 4 is 40.1 Å². The first kappa shape index (κ1) is 14.2. The molecule has 1 amide bonds. The molecule has 1 aromatic carbocycles. The number of para-hydroxylation sites is 1. The van der Waals surface area contributed by atoms with Crippen LogP contribution in [0.4, 0.5) is 0 Å². The van der Waals surface area contributed by atoms with Crippen molar-refractivity contribution in [1.29, 1.82) is 0 Å². The van der Waals surface area contributed by atoms with Crippen LogP contribution in [0.2, 0.25) is 5.02 Å². The monoisotopic (exact) mass is 299 g/mol. The topological polar surface area (TPSA) is 60.9 Å². The Morgan fingerprint density at radius 2 is 2.16 bits per heavy atom.